The maximum absolute atomic E-state index is 4.43. The van der Waals surface area contributed by atoms with Gasteiger partial charge < -0.3 is 4.57 Å². The lowest BCUT2D eigenvalue weighted by Crippen LogP contribution is -1.94. The monoisotopic (exact) mass is 214 g/mol. The fourth-order valence-electron chi connectivity index (χ4n) is 1.99. The Morgan fingerprint density at radius 3 is 2.81 bits per heavy atom. The molecule has 2 nitrogen and oxygen atoms in total. The number of pyridine rings is 1. The topological polar surface area (TPSA) is 17.8 Å². The number of nitrogens with zero attached hydrogens (tertiary/aromatic N) is 2. The van der Waals surface area contributed by atoms with E-state index in [2.05, 4.69) is 55.6 Å². The number of aryl methyl sites for hydroxylation is 2. The number of hydrogen-bond donors (Lipinski definition) is 0. The lowest BCUT2D eigenvalue weighted by Gasteiger charge is -2.04. The summed E-state index contributed by atoms with van der Waals surface area (Å²) in [6.45, 7) is 6.35. The summed E-state index contributed by atoms with van der Waals surface area (Å²) in [5.74, 6) is 0. The Morgan fingerprint density at radius 2 is 2.19 bits per heavy atom. The van der Waals surface area contributed by atoms with Crippen molar-refractivity contribution in [2.24, 2.45) is 7.05 Å². The van der Waals surface area contributed by atoms with Crippen molar-refractivity contribution in [3.8, 4) is 0 Å². The molecule has 0 saturated carbocycles. The van der Waals surface area contributed by atoms with Gasteiger partial charge in [0.2, 0.25) is 0 Å². The Morgan fingerprint density at radius 1 is 1.44 bits per heavy atom. The fourth-order valence-corrected chi connectivity index (χ4v) is 1.99. The summed E-state index contributed by atoms with van der Waals surface area (Å²) in [4.78, 5) is 4.43. The molecule has 0 aliphatic carbocycles. The molecule has 2 aromatic heterocycles. The molecule has 0 spiro atoms. The summed E-state index contributed by atoms with van der Waals surface area (Å²) in [6.07, 6.45) is 5.10. The highest BCUT2D eigenvalue weighted by Gasteiger charge is 2.07. The van der Waals surface area contributed by atoms with Gasteiger partial charge in [-0.1, -0.05) is 13.0 Å². The third-order valence-electron chi connectivity index (χ3n) is 3.18. The van der Waals surface area contributed by atoms with Crippen molar-refractivity contribution in [1.29, 1.82) is 0 Å². The summed E-state index contributed by atoms with van der Waals surface area (Å²) < 4.78 is 2.24. The summed E-state index contributed by atoms with van der Waals surface area (Å²) in [6, 6.07) is 4.39. The van der Waals surface area contributed by atoms with Crippen molar-refractivity contribution in [2.75, 3.05) is 0 Å². The zero-order chi connectivity index (χ0) is 11.7. The van der Waals surface area contributed by atoms with E-state index in [1.165, 1.54) is 22.2 Å². The molecule has 2 heterocycles. The third kappa shape index (κ3) is 1.64. The molecule has 0 aromatic carbocycles. The highest BCUT2D eigenvalue weighted by Crippen LogP contribution is 2.23. The Kier molecular flexibility index (Phi) is 2.82. The molecule has 84 valence electrons. The smallest absolute Gasteiger partial charge is 0.0516 e. The summed E-state index contributed by atoms with van der Waals surface area (Å²) in [5.41, 5.74) is 4.99. The Bertz CT molecular complexity index is 547. The molecule has 0 amide bonds. The Labute approximate surface area is 96.6 Å². The molecule has 0 saturated heterocycles. The van der Waals surface area contributed by atoms with E-state index in [-0.39, 0.29) is 0 Å². The van der Waals surface area contributed by atoms with Crippen molar-refractivity contribution in [1.82, 2.24) is 9.55 Å². The first kappa shape index (κ1) is 10.9. The van der Waals surface area contributed by atoms with Crippen LogP contribution in [0.2, 0.25) is 0 Å². The Balaban J connectivity index is 2.69. The predicted molar refractivity (Wildman–Crippen MR) is 69.4 cm³/mol. The zero-order valence-electron chi connectivity index (χ0n) is 10.4. The van der Waals surface area contributed by atoms with Crippen LogP contribution in [0.5, 0.6) is 0 Å². The van der Waals surface area contributed by atoms with Gasteiger partial charge >= 0.3 is 0 Å². The van der Waals surface area contributed by atoms with Crippen molar-refractivity contribution >= 4 is 16.5 Å². The first-order valence-corrected chi connectivity index (χ1v) is 5.75. The molecule has 0 radical (unpaired) electrons. The van der Waals surface area contributed by atoms with Gasteiger partial charge in [0.25, 0.3) is 0 Å². The molecular weight excluding hydrogens is 196 g/mol. The van der Waals surface area contributed by atoms with Gasteiger partial charge in [0.15, 0.2) is 0 Å². The molecule has 0 aliphatic heterocycles. The fraction of sp³-hybridized carbons (Fsp3) is 0.357. The van der Waals surface area contributed by atoms with Crippen LogP contribution < -0.4 is 0 Å². The van der Waals surface area contributed by atoms with Crippen LogP contribution in [0.3, 0.4) is 0 Å². The molecule has 2 aromatic rings. The van der Waals surface area contributed by atoms with Gasteiger partial charge in [0.1, 0.15) is 0 Å². The van der Waals surface area contributed by atoms with Crippen LogP contribution in [0.4, 0.5) is 0 Å². The number of hydrogen-bond acceptors (Lipinski definition) is 1. The standard InChI is InChI=1S/C14H18N2/c1-5-10(3)13-7-11-9-15-12(6-2)8-14(11)16(13)4/h5,7-9H,6H2,1-4H3/b10-5+. The van der Waals surface area contributed by atoms with Gasteiger partial charge in [-0.2, -0.15) is 0 Å². The summed E-state index contributed by atoms with van der Waals surface area (Å²) in [5, 5.41) is 1.22. The molecule has 0 N–H and O–H groups in total. The van der Waals surface area contributed by atoms with Gasteiger partial charge in [-0.05, 0) is 38.0 Å². The van der Waals surface area contributed by atoms with E-state index in [4.69, 9.17) is 0 Å². The molecule has 2 heteroatoms. The number of rotatable bonds is 2. The highest BCUT2D eigenvalue weighted by atomic mass is 14.9. The predicted octanol–water partition coefficient (Wildman–Crippen LogP) is 3.56. The zero-order valence-corrected chi connectivity index (χ0v) is 10.4. The lowest BCUT2D eigenvalue weighted by molar-refractivity contribution is 0.940. The maximum atomic E-state index is 4.43. The first-order chi connectivity index (χ1) is 7.67. The molecule has 16 heavy (non-hydrogen) atoms. The van der Waals surface area contributed by atoms with E-state index in [1.54, 1.807) is 0 Å². The van der Waals surface area contributed by atoms with E-state index >= 15 is 0 Å². The van der Waals surface area contributed by atoms with Crippen LogP contribution in [0.25, 0.3) is 16.5 Å². The summed E-state index contributed by atoms with van der Waals surface area (Å²) in [7, 11) is 2.12. The van der Waals surface area contributed by atoms with Crippen molar-refractivity contribution < 1.29 is 0 Å². The van der Waals surface area contributed by atoms with Gasteiger partial charge in [0, 0.05) is 30.0 Å². The second kappa shape index (κ2) is 4.12. The van der Waals surface area contributed by atoms with Crippen LogP contribution in [0.15, 0.2) is 24.4 Å². The molecule has 0 aliphatic rings. The van der Waals surface area contributed by atoms with Crippen molar-refractivity contribution in [2.45, 2.75) is 27.2 Å². The van der Waals surface area contributed by atoms with E-state index in [1.807, 2.05) is 6.20 Å². The first-order valence-electron chi connectivity index (χ1n) is 5.75. The average Bonchev–Trinajstić information content (AvgIpc) is 2.65. The van der Waals surface area contributed by atoms with Crippen molar-refractivity contribution in [3.63, 3.8) is 0 Å². The second-order valence-corrected chi connectivity index (χ2v) is 4.15. The van der Waals surface area contributed by atoms with E-state index in [9.17, 15) is 0 Å². The molecule has 0 atom stereocenters. The van der Waals surface area contributed by atoms with Crippen LogP contribution in [-0.4, -0.2) is 9.55 Å². The van der Waals surface area contributed by atoms with Crippen LogP contribution in [0, 0.1) is 0 Å². The number of aromatic nitrogens is 2. The molecule has 0 bridgehead atoms. The molecular formula is C14H18N2. The normalized spacial score (nSPS) is 12.4. The summed E-state index contributed by atoms with van der Waals surface area (Å²) >= 11 is 0. The SMILES string of the molecule is C/C=C(\C)c1cc2cnc(CC)cc2n1C. The minimum atomic E-state index is 0.985. The lowest BCUT2D eigenvalue weighted by atomic mass is 10.2. The van der Waals surface area contributed by atoms with Gasteiger partial charge in [-0.3, -0.25) is 4.98 Å². The van der Waals surface area contributed by atoms with Crippen molar-refractivity contribution in [3.05, 3.63) is 35.8 Å². The van der Waals surface area contributed by atoms with Crippen LogP contribution in [-0.2, 0) is 13.5 Å². The van der Waals surface area contributed by atoms with Gasteiger partial charge in [0.05, 0.1) is 5.52 Å². The maximum Gasteiger partial charge on any atom is 0.0516 e. The second-order valence-electron chi connectivity index (χ2n) is 4.15. The molecule has 0 unspecified atom stereocenters. The largest absolute Gasteiger partial charge is 0.344 e. The third-order valence-corrected chi connectivity index (χ3v) is 3.18. The van der Waals surface area contributed by atoms with E-state index in [0.29, 0.717) is 0 Å². The minimum absolute atomic E-state index is 0.985. The van der Waals surface area contributed by atoms with Crippen LogP contribution >= 0.6 is 0 Å². The minimum Gasteiger partial charge on any atom is -0.344 e. The van der Waals surface area contributed by atoms with Gasteiger partial charge in [-0.15, -0.1) is 0 Å². The molecule has 0 fully saturated rings. The number of fused-ring (bicyclic) bond motifs is 1. The van der Waals surface area contributed by atoms with E-state index < -0.39 is 0 Å². The molecule has 2 rings (SSSR count). The quantitative estimate of drug-likeness (QED) is 0.747. The van der Waals surface area contributed by atoms with Crippen LogP contribution in [0.1, 0.15) is 32.2 Å². The highest BCUT2D eigenvalue weighted by molar-refractivity contribution is 5.85. The van der Waals surface area contributed by atoms with Gasteiger partial charge in [-0.25, -0.2) is 0 Å². The van der Waals surface area contributed by atoms with E-state index in [0.717, 1.165) is 12.1 Å². The Hall–Kier alpha value is -1.57. The number of allylic oxidation sites excluding steroid dienone is 2. The average molecular weight is 214 g/mol.